The van der Waals surface area contributed by atoms with E-state index in [1.807, 2.05) is 6.92 Å². The van der Waals surface area contributed by atoms with Gasteiger partial charge in [-0.2, -0.15) is 4.31 Å². The zero-order valence-electron chi connectivity index (χ0n) is 13.0. The summed E-state index contributed by atoms with van der Waals surface area (Å²) in [6, 6.07) is 0.681. The van der Waals surface area contributed by atoms with Crippen LogP contribution in [0.1, 0.15) is 39.5 Å². The maximum absolute atomic E-state index is 12.8. The van der Waals surface area contributed by atoms with Gasteiger partial charge in [0.15, 0.2) is 0 Å². The van der Waals surface area contributed by atoms with Gasteiger partial charge in [0.2, 0.25) is 10.0 Å². The molecule has 2 fully saturated rings. The highest BCUT2D eigenvalue weighted by molar-refractivity contribution is 7.89. The van der Waals surface area contributed by atoms with Crippen molar-refractivity contribution < 1.29 is 8.42 Å². The quantitative estimate of drug-likeness (QED) is 0.791. The number of nitrogens with zero attached hydrogens (tertiary/aromatic N) is 2. The SMILES string of the molecule is CCC1CN(C)CCCN1S(=O)(=O)C(C)CNC1CC1. The first-order chi connectivity index (χ1) is 9.45. The van der Waals surface area contributed by atoms with Gasteiger partial charge in [-0.05, 0) is 46.2 Å². The second kappa shape index (κ2) is 6.73. The highest BCUT2D eigenvalue weighted by Crippen LogP contribution is 2.21. The molecule has 2 atom stereocenters. The Morgan fingerprint density at radius 2 is 2.00 bits per heavy atom. The van der Waals surface area contributed by atoms with E-state index in [0.29, 0.717) is 19.1 Å². The van der Waals surface area contributed by atoms with Crippen molar-refractivity contribution in [3.8, 4) is 0 Å². The summed E-state index contributed by atoms with van der Waals surface area (Å²) in [5, 5.41) is 3.01. The molecule has 1 saturated carbocycles. The zero-order valence-corrected chi connectivity index (χ0v) is 13.8. The van der Waals surface area contributed by atoms with Crippen LogP contribution in [0.15, 0.2) is 0 Å². The number of hydrogen-bond donors (Lipinski definition) is 1. The van der Waals surface area contributed by atoms with Crippen molar-refractivity contribution in [1.82, 2.24) is 14.5 Å². The summed E-state index contributed by atoms with van der Waals surface area (Å²) in [5.74, 6) is 0. The van der Waals surface area contributed by atoms with Crippen LogP contribution in [-0.4, -0.2) is 68.2 Å². The monoisotopic (exact) mass is 303 g/mol. The molecule has 1 heterocycles. The van der Waals surface area contributed by atoms with Gasteiger partial charge in [0, 0.05) is 31.7 Å². The summed E-state index contributed by atoms with van der Waals surface area (Å²) < 4.78 is 27.4. The fourth-order valence-corrected chi connectivity index (χ4v) is 4.63. The lowest BCUT2D eigenvalue weighted by atomic mass is 10.2. The van der Waals surface area contributed by atoms with E-state index in [0.717, 1.165) is 25.9 Å². The van der Waals surface area contributed by atoms with Gasteiger partial charge in [0.25, 0.3) is 0 Å². The van der Waals surface area contributed by atoms with Crippen LogP contribution < -0.4 is 5.32 Å². The van der Waals surface area contributed by atoms with Crippen molar-refractivity contribution in [3.05, 3.63) is 0 Å². The van der Waals surface area contributed by atoms with E-state index in [1.54, 1.807) is 4.31 Å². The van der Waals surface area contributed by atoms with E-state index in [2.05, 4.69) is 24.2 Å². The summed E-state index contributed by atoms with van der Waals surface area (Å²) in [4.78, 5) is 2.25. The lowest BCUT2D eigenvalue weighted by Gasteiger charge is -2.31. The molecule has 0 spiro atoms. The van der Waals surface area contributed by atoms with Gasteiger partial charge in [0.05, 0.1) is 5.25 Å². The van der Waals surface area contributed by atoms with Gasteiger partial charge >= 0.3 is 0 Å². The minimum atomic E-state index is -3.19. The third-order valence-electron chi connectivity index (χ3n) is 4.43. The van der Waals surface area contributed by atoms with Crippen molar-refractivity contribution in [3.63, 3.8) is 0 Å². The average molecular weight is 303 g/mol. The second-order valence-corrected chi connectivity index (χ2v) is 8.63. The number of hydrogen-bond acceptors (Lipinski definition) is 4. The largest absolute Gasteiger partial charge is 0.313 e. The third-order valence-corrected chi connectivity index (χ3v) is 6.74. The van der Waals surface area contributed by atoms with Crippen LogP contribution in [0.25, 0.3) is 0 Å². The van der Waals surface area contributed by atoms with Crippen LogP contribution in [0, 0.1) is 0 Å². The normalized spacial score (nSPS) is 28.2. The van der Waals surface area contributed by atoms with E-state index in [-0.39, 0.29) is 11.3 Å². The van der Waals surface area contributed by atoms with Crippen molar-refractivity contribution in [2.75, 3.05) is 33.2 Å². The maximum Gasteiger partial charge on any atom is 0.218 e. The average Bonchev–Trinajstić information content (AvgIpc) is 3.22. The molecular formula is C14H29N3O2S. The van der Waals surface area contributed by atoms with Crippen LogP contribution in [0.2, 0.25) is 0 Å². The summed E-state index contributed by atoms with van der Waals surface area (Å²) in [7, 11) is -1.11. The molecule has 1 N–H and O–H groups in total. The standard InChI is InChI=1S/C14H29N3O2S/c1-4-14-11-16(3)8-5-9-17(14)20(18,19)12(2)10-15-13-6-7-13/h12-15H,4-11H2,1-3H3. The summed E-state index contributed by atoms with van der Waals surface area (Å²) in [6.07, 6.45) is 4.19. The molecule has 2 rings (SSSR count). The van der Waals surface area contributed by atoms with Crippen molar-refractivity contribution in [2.24, 2.45) is 0 Å². The molecule has 0 bridgehead atoms. The van der Waals surface area contributed by atoms with Gasteiger partial charge in [0.1, 0.15) is 0 Å². The molecule has 1 aliphatic heterocycles. The topological polar surface area (TPSA) is 52.7 Å². The Kier molecular flexibility index (Phi) is 5.45. The third kappa shape index (κ3) is 3.93. The maximum atomic E-state index is 12.8. The molecule has 0 aromatic rings. The molecule has 20 heavy (non-hydrogen) atoms. The molecule has 0 radical (unpaired) electrons. The Balaban J connectivity index is 2.03. The highest BCUT2D eigenvalue weighted by Gasteiger charge is 2.35. The second-order valence-electron chi connectivity index (χ2n) is 6.33. The van der Waals surface area contributed by atoms with E-state index < -0.39 is 10.0 Å². The smallest absolute Gasteiger partial charge is 0.218 e. The number of nitrogens with one attached hydrogen (secondary N) is 1. The molecular weight excluding hydrogens is 274 g/mol. The molecule has 118 valence electrons. The number of likely N-dealkylation sites (N-methyl/N-ethyl adjacent to an activating group) is 1. The molecule has 0 aromatic heterocycles. The molecule has 1 saturated heterocycles. The molecule has 2 aliphatic rings. The number of sulfonamides is 1. The van der Waals surface area contributed by atoms with Crippen LogP contribution in [0.5, 0.6) is 0 Å². The Morgan fingerprint density at radius 1 is 1.30 bits per heavy atom. The van der Waals surface area contributed by atoms with Crippen LogP contribution >= 0.6 is 0 Å². The van der Waals surface area contributed by atoms with E-state index >= 15 is 0 Å². The van der Waals surface area contributed by atoms with Gasteiger partial charge in [-0.15, -0.1) is 0 Å². The van der Waals surface area contributed by atoms with E-state index in [9.17, 15) is 8.42 Å². The molecule has 1 aliphatic carbocycles. The lowest BCUT2D eigenvalue weighted by molar-refractivity contribution is 0.268. The van der Waals surface area contributed by atoms with E-state index in [1.165, 1.54) is 12.8 Å². The van der Waals surface area contributed by atoms with Gasteiger partial charge in [-0.3, -0.25) is 0 Å². The Bertz CT molecular complexity index is 409. The Morgan fingerprint density at radius 3 is 2.60 bits per heavy atom. The first-order valence-electron chi connectivity index (χ1n) is 7.87. The predicted molar refractivity (Wildman–Crippen MR) is 82.3 cm³/mol. The van der Waals surface area contributed by atoms with Gasteiger partial charge in [-0.1, -0.05) is 6.92 Å². The number of rotatable bonds is 6. The molecule has 0 amide bonds. The van der Waals surface area contributed by atoms with Crippen LogP contribution in [-0.2, 0) is 10.0 Å². The molecule has 6 heteroatoms. The van der Waals surface area contributed by atoms with Crippen molar-refractivity contribution >= 4 is 10.0 Å². The van der Waals surface area contributed by atoms with Crippen molar-refractivity contribution in [2.45, 2.75) is 56.9 Å². The highest BCUT2D eigenvalue weighted by atomic mass is 32.2. The molecule has 5 nitrogen and oxygen atoms in total. The predicted octanol–water partition coefficient (Wildman–Crippen LogP) is 0.873. The van der Waals surface area contributed by atoms with Crippen LogP contribution in [0.4, 0.5) is 0 Å². The van der Waals surface area contributed by atoms with E-state index in [4.69, 9.17) is 0 Å². The zero-order chi connectivity index (χ0) is 14.8. The van der Waals surface area contributed by atoms with Crippen molar-refractivity contribution in [1.29, 1.82) is 0 Å². The Hall–Kier alpha value is -0.170. The summed E-state index contributed by atoms with van der Waals surface area (Å²) >= 11 is 0. The molecule has 0 aromatic carbocycles. The Labute approximate surface area is 123 Å². The lowest BCUT2D eigenvalue weighted by Crippen LogP contribution is -2.49. The fourth-order valence-electron chi connectivity index (χ4n) is 2.85. The van der Waals surface area contributed by atoms with Crippen LogP contribution in [0.3, 0.4) is 0 Å². The molecule has 2 unspecified atom stereocenters. The summed E-state index contributed by atoms with van der Waals surface area (Å²) in [5.41, 5.74) is 0. The minimum Gasteiger partial charge on any atom is -0.313 e. The summed E-state index contributed by atoms with van der Waals surface area (Å²) in [6.45, 7) is 7.00. The first-order valence-corrected chi connectivity index (χ1v) is 9.38. The first kappa shape index (κ1) is 16.2. The van der Waals surface area contributed by atoms with Gasteiger partial charge in [-0.25, -0.2) is 8.42 Å². The van der Waals surface area contributed by atoms with Gasteiger partial charge < -0.3 is 10.2 Å². The minimum absolute atomic E-state index is 0.121. The fraction of sp³-hybridized carbons (Fsp3) is 1.00.